The minimum atomic E-state index is -0.0288. The number of amides is 1. The molecule has 2 aromatic rings. The molecular weight excluding hydrogens is 286 g/mol. The summed E-state index contributed by atoms with van der Waals surface area (Å²) in [5, 5.41) is 3.02. The lowest BCUT2D eigenvalue weighted by Crippen LogP contribution is -2.39. The van der Waals surface area contributed by atoms with Crippen molar-refractivity contribution >= 4 is 11.7 Å². The van der Waals surface area contributed by atoms with Gasteiger partial charge >= 0.3 is 0 Å². The van der Waals surface area contributed by atoms with Crippen molar-refractivity contribution in [3.8, 4) is 0 Å². The summed E-state index contributed by atoms with van der Waals surface area (Å²) in [5.41, 5.74) is 1.83. The first kappa shape index (κ1) is 15.5. The van der Waals surface area contributed by atoms with Crippen molar-refractivity contribution in [1.82, 2.24) is 5.32 Å². The molecule has 4 heteroatoms. The molecule has 1 aromatic carbocycles. The van der Waals surface area contributed by atoms with Crippen molar-refractivity contribution in [1.29, 1.82) is 0 Å². The maximum atomic E-state index is 12.6. The molecule has 0 aliphatic carbocycles. The molecule has 0 spiro atoms. The largest absolute Gasteiger partial charge is 0.348 e. The molecule has 2 heterocycles. The van der Waals surface area contributed by atoms with Crippen LogP contribution in [0.5, 0.6) is 0 Å². The standard InChI is InChI=1S/C19H23N3O/c1-15-7-6-12-22(14-15)18-17(10-5-11-20-18)19(23)21-13-16-8-3-2-4-9-16/h2-5,8-11,15H,6-7,12-14H2,1H3,(H,21,23)/p+1/t15-/m0/s1. The Bertz CT molecular complexity index is 657. The van der Waals surface area contributed by atoms with E-state index in [0.717, 1.165) is 30.0 Å². The highest BCUT2D eigenvalue weighted by Gasteiger charge is 2.28. The Hall–Kier alpha value is -2.36. The predicted molar refractivity (Wildman–Crippen MR) is 91.2 cm³/mol. The van der Waals surface area contributed by atoms with Crippen LogP contribution in [0.2, 0.25) is 0 Å². The van der Waals surface area contributed by atoms with Gasteiger partial charge in [-0.3, -0.25) is 9.69 Å². The van der Waals surface area contributed by atoms with Crippen LogP contribution in [0.4, 0.5) is 5.82 Å². The molecule has 23 heavy (non-hydrogen) atoms. The Morgan fingerprint density at radius 1 is 1.26 bits per heavy atom. The van der Waals surface area contributed by atoms with Gasteiger partial charge in [0.25, 0.3) is 11.7 Å². The molecule has 1 fully saturated rings. The number of aromatic amines is 1. The van der Waals surface area contributed by atoms with Crippen LogP contribution in [0.15, 0.2) is 48.7 Å². The van der Waals surface area contributed by atoms with E-state index in [1.165, 1.54) is 12.8 Å². The first-order valence-corrected chi connectivity index (χ1v) is 8.32. The highest BCUT2D eigenvalue weighted by molar-refractivity contribution is 5.98. The molecular formula is C19H24N3O+. The number of carbonyl (C=O) groups excluding carboxylic acids is 1. The number of benzene rings is 1. The third-order valence-electron chi connectivity index (χ3n) is 4.35. The van der Waals surface area contributed by atoms with Gasteiger partial charge in [0.05, 0.1) is 19.3 Å². The van der Waals surface area contributed by atoms with E-state index >= 15 is 0 Å². The third-order valence-corrected chi connectivity index (χ3v) is 4.35. The first-order valence-electron chi connectivity index (χ1n) is 8.32. The lowest BCUT2D eigenvalue weighted by molar-refractivity contribution is -0.364. The number of nitrogens with one attached hydrogen (secondary N) is 2. The number of rotatable bonds is 4. The molecule has 120 valence electrons. The lowest BCUT2D eigenvalue weighted by Gasteiger charge is -2.26. The van der Waals surface area contributed by atoms with E-state index in [9.17, 15) is 4.79 Å². The molecule has 1 saturated heterocycles. The zero-order valence-corrected chi connectivity index (χ0v) is 13.6. The highest BCUT2D eigenvalue weighted by Crippen LogP contribution is 2.22. The molecule has 0 bridgehead atoms. The molecule has 2 N–H and O–H groups in total. The third kappa shape index (κ3) is 3.89. The summed E-state index contributed by atoms with van der Waals surface area (Å²) in [6, 6.07) is 13.8. The maximum absolute atomic E-state index is 12.6. The van der Waals surface area contributed by atoms with Crippen molar-refractivity contribution in [2.75, 3.05) is 18.0 Å². The van der Waals surface area contributed by atoms with Crippen LogP contribution in [0.3, 0.4) is 0 Å². The number of carbonyl (C=O) groups is 1. The molecule has 0 radical (unpaired) electrons. The van der Waals surface area contributed by atoms with E-state index in [4.69, 9.17) is 0 Å². The van der Waals surface area contributed by atoms with E-state index in [1.807, 2.05) is 48.7 Å². The average molecular weight is 310 g/mol. The summed E-state index contributed by atoms with van der Waals surface area (Å²) in [4.78, 5) is 18.2. The zero-order valence-electron chi connectivity index (χ0n) is 13.6. The van der Waals surface area contributed by atoms with Crippen molar-refractivity contribution < 1.29 is 9.78 Å². The second-order valence-corrected chi connectivity index (χ2v) is 6.29. The fourth-order valence-corrected chi connectivity index (χ4v) is 3.14. The number of hydrogen-bond donors (Lipinski definition) is 1. The van der Waals surface area contributed by atoms with Crippen molar-refractivity contribution in [2.45, 2.75) is 26.3 Å². The Balaban J connectivity index is 1.73. The maximum Gasteiger partial charge on any atom is 0.287 e. The normalized spacial score (nSPS) is 17.8. The molecule has 3 rings (SSSR count). The van der Waals surface area contributed by atoms with Crippen LogP contribution in [-0.2, 0) is 6.54 Å². The van der Waals surface area contributed by atoms with Gasteiger partial charge in [-0.15, -0.1) is 0 Å². The summed E-state index contributed by atoms with van der Waals surface area (Å²) in [5.74, 6) is 1.57. The van der Waals surface area contributed by atoms with E-state index in [-0.39, 0.29) is 5.91 Å². The van der Waals surface area contributed by atoms with Gasteiger partial charge in [0.1, 0.15) is 5.56 Å². The number of hydrogen-bond acceptors (Lipinski definition) is 2. The van der Waals surface area contributed by atoms with Crippen LogP contribution < -0.4 is 15.2 Å². The molecule has 1 aliphatic rings. The lowest BCUT2D eigenvalue weighted by atomic mass is 10.00. The van der Waals surface area contributed by atoms with Gasteiger partial charge in [-0.1, -0.05) is 37.3 Å². The molecule has 1 aliphatic heterocycles. The van der Waals surface area contributed by atoms with Crippen molar-refractivity contribution in [3.63, 3.8) is 0 Å². The number of nitrogens with zero attached hydrogens (tertiary/aromatic N) is 1. The van der Waals surface area contributed by atoms with Crippen LogP contribution in [0.25, 0.3) is 0 Å². The zero-order chi connectivity index (χ0) is 16.1. The van der Waals surface area contributed by atoms with Crippen LogP contribution in [-0.4, -0.2) is 19.0 Å². The van der Waals surface area contributed by atoms with Crippen molar-refractivity contribution in [2.24, 2.45) is 5.92 Å². The summed E-state index contributed by atoms with van der Waals surface area (Å²) >= 11 is 0. The second-order valence-electron chi connectivity index (χ2n) is 6.29. The minimum absolute atomic E-state index is 0.0288. The van der Waals surface area contributed by atoms with E-state index in [0.29, 0.717) is 12.5 Å². The van der Waals surface area contributed by atoms with E-state index in [1.54, 1.807) is 0 Å². The van der Waals surface area contributed by atoms with E-state index < -0.39 is 0 Å². The number of H-pyrrole nitrogens is 1. The molecule has 4 nitrogen and oxygen atoms in total. The molecule has 0 saturated carbocycles. The Morgan fingerprint density at radius 2 is 2.09 bits per heavy atom. The summed E-state index contributed by atoms with van der Waals surface area (Å²) < 4.78 is 0. The van der Waals surface area contributed by atoms with Gasteiger partial charge in [-0.2, -0.15) is 0 Å². The number of anilines is 1. The number of piperidine rings is 1. The quantitative estimate of drug-likeness (QED) is 0.944. The Labute approximate surface area is 137 Å². The number of aromatic nitrogens is 1. The van der Waals surface area contributed by atoms with Crippen LogP contribution in [0.1, 0.15) is 35.7 Å². The minimum Gasteiger partial charge on any atom is -0.348 e. The van der Waals surface area contributed by atoms with Gasteiger partial charge < -0.3 is 5.32 Å². The van der Waals surface area contributed by atoms with Crippen molar-refractivity contribution in [3.05, 3.63) is 59.8 Å². The molecule has 1 aromatic heterocycles. The average Bonchev–Trinajstić information content (AvgIpc) is 2.60. The van der Waals surface area contributed by atoms with E-state index in [2.05, 4.69) is 22.1 Å². The van der Waals surface area contributed by atoms with Gasteiger partial charge in [0.2, 0.25) is 0 Å². The highest BCUT2D eigenvalue weighted by atomic mass is 16.1. The fourth-order valence-electron chi connectivity index (χ4n) is 3.14. The predicted octanol–water partition coefficient (Wildman–Crippen LogP) is 2.67. The van der Waals surface area contributed by atoms with Gasteiger partial charge in [-0.25, -0.2) is 4.98 Å². The fraction of sp³-hybridized carbons (Fsp3) is 0.368. The smallest absolute Gasteiger partial charge is 0.287 e. The molecule has 1 amide bonds. The Morgan fingerprint density at radius 3 is 2.87 bits per heavy atom. The van der Waals surface area contributed by atoms with Gasteiger partial charge in [0, 0.05) is 6.54 Å². The Kier molecular flexibility index (Phi) is 4.91. The van der Waals surface area contributed by atoms with Gasteiger partial charge in [0.15, 0.2) is 0 Å². The summed E-state index contributed by atoms with van der Waals surface area (Å²) in [6.45, 7) is 4.82. The summed E-state index contributed by atoms with van der Waals surface area (Å²) in [6.07, 6.45) is 4.33. The van der Waals surface area contributed by atoms with Gasteiger partial charge in [-0.05, 0) is 36.5 Å². The second kappa shape index (κ2) is 7.27. The molecule has 0 unspecified atom stereocenters. The monoisotopic (exact) mass is 310 g/mol. The number of pyridine rings is 1. The topological polar surface area (TPSA) is 46.5 Å². The summed E-state index contributed by atoms with van der Waals surface area (Å²) in [7, 11) is 0. The van der Waals surface area contributed by atoms with Crippen LogP contribution >= 0.6 is 0 Å². The SMILES string of the molecule is C[C@H]1CCCN(c2[nH+]cccc2C(=O)NCc2ccccc2)C1. The van der Waals surface area contributed by atoms with Crippen LogP contribution in [0, 0.1) is 5.92 Å². The first-order chi connectivity index (χ1) is 11.2. The molecule has 1 atom stereocenters.